The summed E-state index contributed by atoms with van der Waals surface area (Å²) in [4.78, 5) is 9.14. The maximum absolute atomic E-state index is 4.57. The predicted octanol–water partition coefficient (Wildman–Crippen LogP) is 7.31. The second-order valence-corrected chi connectivity index (χ2v) is 6.82. The van der Waals surface area contributed by atoms with Crippen molar-refractivity contribution in [2.45, 2.75) is 39.8 Å². The van der Waals surface area contributed by atoms with Crippen LogP contribution in [0.2, 0.25) is 0 Å². The van der Waals surface area contributed by atoms with E-state index in [4.69, 9.17) is 0 Å². The van der Waals surface area contributed by atoms with E-state index in [0.717, 1.165) is 24.0 Å². The zero-order valence-corrected chi connectivity index (χ0v) is 18.1. The first-order valence-electron chi connectivity index (χ1n) is 10.6. The minimum atomic E-state index is 0.685. The summed E-state index contributed by atoms with van der Waals surface area (Å²) < 4.78 is 0. The van der Waals surface area contributed by atoms with Crippen LogP contribution in [-0.2, 0) is 13.1 Å². The molecule has 0 aliphatic heterocycles. The van der Waals surface area contributed by atoms with Gasteiger partial charge in [0.1, 0.15) is 0 Å². The van der Waals surface area contributed by atoms with Gasteiger partial charge in [-0.05, 0) is 47.3 Å². The Balaban J connectivity index is 2.16. The molecule has 0 bridgehead atoms. The fraction of sp³-hybridized carbons (Fsp3) is 0.214. The van der Waals surface area contributed by atoms with Gasteiger partial charge in [-0.25, -0.2) is 0 Å². The molecule has 0 aromatic heterocycles. The summed E-state index contributed by atoms with van der Waals surface area (Å²) in [5, 5.41) is 0. The van der Waals surface area contributed by atoms with Crippen molar-refractivity contribution in [2.75, 3.05) is 0 Å². The van der Waals surface area contributed by atoms with Crippen molar-refractivity contribution in [1.29, 1.82) is 0 Å². The van der Waals surface area contributed by atoms with Crippen LogP contribution in [0.5, 0.6) is 0 Å². The van der Waals surface area contributed by atoms with Crippen LogP contribution in [0.25, 0.3) is 0 Å². The van der Waals surface area contributed by atoms with Crippen molar-refractivity contribution in [2.24, 2.45) is 9.98 Å². The molecule has 0 saturated carbocycles. The van der Waals surface area contributed by atoms with Crippen molar-refractivity contribution in [3.05, 3.63) is 119 Å². The van der Waals surface area contributed by atoms with E-state index in [0.29, 0.717) is 13.1 Å². The summed E-state index contributed by atoms with van der Waals surface area (Å²) in [5.74, 6) is 0. The predicted molar refractivity (Wildman–Crippen MR) is 132 cm³/mol. The molecular weight excluding hydrogens is 364 g/mol. The fourth-order valence-electron chi connectivity index (χ4n) is 2.73. The van der Waals surface area contributed by atoms with Crippen LogP contribution in [0.1, 0.15) is 37.8 Å². The molecule has 2 nitrogen and oxygen atoms in total. The molecule has 2 aromatic rings. The van der Waals surface area contributed by atoms with Gasteiger partial charge in [0.25, 0.3) is 0 Å². The third kappa shape index (κ3) is 9.29. The summed E-state index contributed by atoms with van der Waals surface area (Å²) in [5.41, 5.74) is 4.68. The van der Waals surface area contributed by atoms with E-state index >= 15 is 0 Å². The lowest BCUT2D eigenvalue weighted by atomic mass is 10.0. The van der Waals surface area contributed by atoms with Crippen LogP contribution in [0.4, 0.5) is 0 Å². The molecule has 0 aliphatic carbocycles. The molecule has 0 aliphatic rings. The Morgan fingerprint density at radius 3 is 1.40 bits per heavy atom. The number of allylic oxidation sites excluding steroid dienone is 8. The Kier molecular flexibility index (Phi) is 11.3. The van der Waals surface area contributed by atoms with Crippen LogP contribution in [0, 0.1) is 0 Å². The topological polar surface area (TPSA) is 24.7 Å². The molecule has 0 heterocycles. The average molecular weight is 397 g/mol. The summed E-state index contributed by atoms with van der Waals surface area (Å²) in [6.07, 6.45) is 18.6. The molecule has 30 heavy (non-hydrogen) atoms. The second-order valence-electron chi connectivity index (χ2n) is 6.82. The molecule has 2 heteroatoms. The number of nitrogens with zero attached hydrogens (tertiary/aromatic N) is 2. The molecule has 0 N–H and O–H groups in total. The quantitative estimate of drug-likeness (QED) is 0.281. The summed E-state index contributed by atoms with van der Waals surface area (Å²) in [7, 11) is 0. The lowest BCUT2D eigenvalue weighted by Gasteiger charge is -2.03. The third-order valence-electron chi connectivity index (χ3n) is 4.35. The van der Waals surface area contributed by atoms with Crippen LogP contribution in [0.15, 0.2) is 118 Å². The van der Waals surface area contributed by atoms with Gasteiger partial charge in [0.05, 0.1) is 13.1 Å². The normalized spacial score (nSPS) is 13.4. The summed E-state index contributed by atoms with van der Waals surface area (Å²) in [6.45, 7) is 5.66. The Hall–Kier alpha value is -3.26. The minimum Gasteiger partial charge on any atom is -0.288 e. The Morgan fingerprint density at radius 1 is 0.633 bits per heavy atom. The zero-order chi connectivity index (χ0) is 21.3. The largest absolute Gasteiger partial charge is 0.288 e. The summed E-state index contributed by atoms with van der Waals surface area (Å²) >= 11 is 0. The SMILES string of the molecule is CC\C=C/C(=C/C=NCc1ccccc1)C(/C=C\CC)=C\C=NCc1ccccc1. The first kappa shape index (κ1) is 23.0. The Morgan fingerprint density at radius 2 is 1.03 bits per heavy atom. The zero-order valence-electron chi connectivity index (χ0n) is 18.1. The lowest BCUT2D eigenvalue weighted by molar-refractivity contribution is 1.08. The molecule has 0 amide bonds. The molecule has 2 rings (SSSR count). The van der Waals surface area contributed by atoms with Gasteiger partial charge in [0, 0.05) is 12.4 Å². The molecule has 0 unspecified atom stereocenters. The van der Waals surface area contributed by atoms with Crippen LogP contribution in [-0.4, -0.2) is 12.4 Å². The van der Waals surface area contributed by atoms with Gasteiger partial charge < -0.3 is 0 Å². The maximum atomic E-state index is 4.57. The first-order valence-corrected chi connectivity index (χ1v) is 10.6. The number of hydrogen-bond acceptors (Lipinski definition) is 2. The van der Waals surface area contributed by atoms with Gasteiger partial charge in [-0.1, -0.05) is 98.8 Å². The molecule has 0 spiro atoms. The molecule has 0 radical (unpaired) electrons. The van der Waals surface area contributed by atoms with E-state index < -0.39 is 0 Å². The smallest absolute Gasteiger partial charge is 0.0639 e. The Bertz CT molecular complexity index is 821. The highest BCUT2D eigenvalue weighted by molar-refractivity contribution is 5.79. The van der Waals surface area contributed by atoms with E-state index in [1.807, 2.05) is 48.8 Å². The minimum absolute atomic E-state index is 0.685. The third-order valence-corrected chi connectivity index (χ3v) is 4.35. The monoisotopic (exact) mass is 396 g/mol. The lowest BCUT2D eigenvalue weighted by Crippen LogP contribution is -1.88. The van der Waals surface area contributed by atoms with Gasteiger partial charge in [-0.2, -0.15) is 0 Å². The second kappa shape index (κ2) is 14.7. The van der Waals surface area contributed by atoms with Gasteiger partial charge in [0.15, 0.2) is 0 Å². The summed E-state index contributed by atoms with van der Waals surface area (Å²) in [6, 6.07) is 20.6. The number of hydrogen-bond donors (Lipinski definition) is 0. The van der Waals surface area contributed by atoms with E-state index in [9.17, 15) is 0 Å². The molecular formula is C28H32N2. The van der Waals surface area contributed by atoms with Crippen molar-refractivity contribution < 1.29 is 0 Å². The average Bonchev–Trinajstić information content (AvgIpc) is 2.80. The van der Waals surface area contributed by atoms with Gasteiger partial charge in [0.2, 0.25) is 0 Å². The Labute approximate surface area is 181 Å². The molecule has 154 valence electrons. The molecule has 0 saturated heterocycles. The van der Waals surface area contributed by atoms with Crippen LogP contribution >= 0.6 is 0 Å². The number of rotatable bonds is 11. The number of benzene rings is 2. The highest BCUT2D eigenvalue weighted by Crippen LogP contribution is 2.14. The van der Waals surface area contributed by atoms with E-state index in [-0.39, 0.29) is 0 Å². The van der Waals surface area contributed by atoms with Crippen LogP contribution in [0.3, 0.4) is 0 Å². The van der Waals surface area contributed by atoms with Crippen LogP contribution < -0.4 is 0 Å². The van der Waals surface area contributed by atoms with Gasteiger partial charge in [-0.15, -0.1) is 0 Å². The van der Waals surface area contributed by atoms with Crippen molar-refractivity contribution in [3.63, 3.8) is 0 Å². The van der Waals surface area contributed by atoms with E-state index in [1.54, 1.807) is 0 Å². The van der Waals surface area contributed by atoms with Crippen molar-refractivity contribution >= 4 is 12.4 Å². The highest BCUT2D eigenvalue weighted by atomic mass is 14.7. The molecule has 0 fully saturated rings. The first-order chi connectivity index (χ1) is 14.8. The van der Waals surface area contributed by atoms with Crippen molar-refractivity contribution in [3.8, 4) is 0 Å². The maximum Gasteiger partial charge on any atom is 0.0639 e. The molecule has 2 aromatic carbocycles. The standard InChI is InChI=1S/C28H32N2/c1-3-5-17-27(19-21-29-23-25-13-9-7-10-14-25)28(18-6-4-2)20-22-30-24-26-15-11-8-12-16-26/h5-22H,3-4,23-24H2,1-2H3/b17-5-,18-6-,27-19-,28-20-,29-21?,30-22?. The fourth-order valence-corrected chi connectivity index (χ4v) is 2.73. The van der Waals surface area contributed by atoms with E-state index in [2.05, 4.69) is 84.6 Å². The highest BCUT2D eigenvalue weighted by Gasteiger charge is 1.97. The van der Waals surface area contributed by atoms with Gasteiger partial charge in [-0.3, -0.25) is 9.98 Å². The van der Waals surface area contributed by atoms with E-state index in [1.165, 1.54) is 11.1 Å². The van der Waals surface area contributed by atoms with Crippen molar-refractivity contribution in [1.82, 2.24) is 0 Å². The molecule has 0 atom stereocenters. The number of aliphatic imine (C=N–C) groups is 2. The van der Waals surface area contributed by atoms with Gasteiger partial charge >= 0.3 is 0 Å².